The molecule has 17 heteroatoms. The molecule has 0 aliphatic rings. The Labute approximate surface area is 368 Å². The Morgan fingerprint density at radius 3 is 0.807 bits per heavy atom. The molecule has 2 aromatic rings. The molecule has 0 radical (unpaired) electrons. The Bertz CT molecular complexity index is 1590. The third-order valence-electron chi connectivity index (χ3n) is 8.45. The van der Waals surface area contributed by atoms with E-state index in [1.165, 1.54) is 12.1 Å². The molecule has 0 saturated carbocycles. The molecule has 2 rings (SSSR count). The molecule has 0 N–H and O–H groups in total. The predicted octanol–water partition coefficient (Wildman–Crippen LogP) is 7.17. The topological polar surface area (TPSA) is 220 Å². The second-order valence-electron chi connectivity index (χ2n) is 14.4. The van der Waals surface area contributed by atoms with Gasteiger partial charge >= 0.3 is 61.6 Å². The maximum atomic E-state index is 12.3. The SMILES string of the molecule is CCCC(C)COC(=O)c1cc(C(=O)OCC(C)CCC)cc(S(=O)(=O)[O-])c1.CCCC(C)COC(=O)c1cc(C(=O)OCC(C)CCC)cc(S(=O)(=O)[O-])c1.[Ca+2]. The number of ether oxygens (including phenoxy) is 4. The van der Waals surface area contributed by atoms with Crippen LogP contribution in [-0.4, -0.2) is 114 Å². The van der Waals surface area contributed by atoms with Gasteiger partial charge in [-0.3, -0.25) is 0 Å². The maximum Gasteiger partial charge on any atom is 2.00 e. The van der Waals surface area contributed by atoms with Crippen molar-refractivity contribution in [3.63, 3.8) is 0 Å². The number of carbonyl (C=O) groups excluding carboxylic acids is 4. The van der Waals surface area contributed by atoms with Crippen molar-refractivity contribution in [3.05, 3.63) is 58.7 Å². The summed E-state index contributed by atoms with van der Waals surface area (Å²) in [5.41, 5.74) is -0.688. The largest absolute Gasteiger partial charge is 2.00 e. The molecular weight excluding hydrogens is 809 g/mol. The van der Waals surface area contributed by atoms with E-state index in [0.717, 1.165) is 75.6 Å². The van der Waals surface area contributed by atoms with Gasteiger partial charge < -0.3 is 28.1 Å². The quantitative estimate of drug-likeness (QED) is 0.0496. The summed E-state index contributed by atoms with van der Waals surface area (Å²) in [5, 5.41) is 0. The van der Waals surface area contributed by atoms with Crippen molar-refractivity contribution >= 4 is 81.9 Å². The normalized spacial score (nSPS) is 13.4. The molecule has 316 valence electrons. The summed E-state index contributed by atoms with van der Waals surface area (Å²) >= 11 is 0. The van der Waals surface area contributed by atoms with Crippen molar-refractivity contribution in [2.45, 2.75) is 117 Å². The summed E-state index contributed by atoms with van der Waals surface area (Å²) in [7, 11) is -9.72. The Morgan fingerprint density at radius 1 is 0.456 bits per heavy atom. The minimum atomic E-state index is -4.86. The first kappa shape index (κ1) is 54.4. The molecular formula is C40H58CaO14S2. The maximum absolute atomic E-state index is 12.3. The average Bonchev–Trinajstić information content (AvgIpc) is 3.13. The van der Waals surface area contributed by atoms with Crippen LogP contribution in [0.1, 0.15) is 148 Å². The van der Waals surface area contributed by atoms with E-state index < -0.39 is 53.9 Å². The minimum Gasteiger partial charge on any atom is -0.744 e. The van der Waals surface area contributed by atoms with Gasteiger partial charge in [-0.05, 0) is 85.8 Å². The zero-order valence-corrected chi connectivity index (χ0v) is 38.3. The molecule has 0 aliphatic carbocycles. The first-order valence-corrected chi connectivity index (χ1v) is 21.9. The fourth-order valence-corrected chi connectivity index (χ4v) is 6.55. The number of hydrogen-bond acceptors (Lipinski definition) is 14. The first-order valence-electron chi connectivity index (χ1n) is 19.1. The molecule has 14 nitrogen and oxygen atoms in total. The summed E-state index contributed by atoms with van der Waals surface area (Å²) in [6.45, 7) is 16.4. The van der Waals surface area contributed by atoms with E-state index in [0.29, 0.717) is 0 Å². The Kier molecular flexibility index (Phi) is 26.0. The summed E-state index contributed by atoms with van der Waals surface area (Å²) in [5.74, 6) is -2.59. The molecule has 2 aromatic carbocycles. The van der Waals surface area contributed by atoms with Gasteiger partial charge in [0, 0.05) is 0 Å². The van der Waals surface area contributed by atoms with E-state index in [1.807, 2.05) is 55.4 Å². The van der Waals surface area contributed by atoms with Crippen LogP contribution < -0.4 is 0 Å². The van der Waals surface area contributed by atoms with Crippen LogP contribution in [0.25, 0.3) is 0 Å². The summed E-state index contributed by atoms with van der Waals surface area (Å²) in [6.07, 6.45) is 7.24. The Morgan fingerprint density at radius 2 is 0.649 bits per heavy atom. The molecule has 0 amide bonds. The fourth-order valence-electron chi connectivity index (χ4n) is 5.47. The average molecular weight is 867 g/mol. The van der Waals surface area contributed by atoms with Crippen LogP contribution in [-0.2, 0) is 39.2 Å². The summed E-state index contributed by atoms with van der Waals surface area (Å²) < 4.78 is 89.3. The molecule has 0 fully saturated rings. The van der Waals surface area contributed by atoms with Gasteiger partial charge in [-0.15, -0.1) is 0 Å². The van der Waals surface area contributed by atoms with Crippen LogP contribution in [0.4, 0.5) is 0 Å². The van der Waals surface area contributed by atoms with Crippen molar-refractivity contribution in [2.24, 2.45) is 23.7 Å². The minimum absolute atomic E-state index is 0. The van der Waals surface area contributed by atoms with Crippen molar-refractivity contribution < 1.29 is 64.1 Å². The van der Waals surface area contributed by atoms with Crippen LogP contribution in [0.3, 0.4) is 0 Å². The van der Waals surface area contributed by atoms with Crippen LogP contribution in [0.2, 0.25) is 0 Å². The zero-order chi connectivity index (χ0) is 42.6. The van der Waals surface area contributed by atoms with E-state index in [-0.39, 0.29) is 110 Å². The van der Waals surface area contributed by atoms with Gasteiger partial charge in [0.2, 0.25) is 0 Å². The van der Waals surface area contributed by atoms with E-state index in [2.05, 4.69) is 0 Å². The van der Waals surface area contributed by atoms with Crippen molar-refractivity contribution in [2.75, 3.05) is 26.4 Å². The third-order valence-corrected chi connectivity index (χ3v) is 10.1. The van der Waals surface area contributed by atoms with Gasteiger partial charge in [0.15, 0.2) is 0 Å². The number of rotatable bonds is 22. The van der Waals surface area contributed by atoms with Crippen molar-refractivity contribution in [1.29, 1.82) is 0 Å². The van der Waals surface area contributed by atoms with Gasteiger partial charge in [-0.2, -0.15) is 0 Å². The van der Waals surface area contributed by atoms with Crippen molar-refractivity contribution in [1.82, 2.24) is 0 Å². The standard InChI is InChI=1S/2C20H30O7S.Ca/c2*1-5-7-14(3)12-26-19(21)16-9-17(11-18(10-16)28(23,24)25)20(22)27-13-15(4)8-6-2;/h2*9-11,14-15H,5-8,12-13H2,1-4H3,(H,23,24,25);/q;;+2/p-2. The third kappa shape index (κ3) is 21.3. The van der Waals surface area contributed by atoms with E-state index in [1.54, 1.807) is 0 Å². The summed E-state index contributed by atoms with van der Waals surface area (Å²) in [6, 6.07) is 6.07. The second kappa shape index (κ2) is 27.2. The Balaban J connectivity index is 0.00000108. The molecule has 4 unspecified atom stereocenters. The molecule has 0 saturated heterocycles. The van der Waals surface area contributed by atoms with Gasteiger partial charge in [0.25, 0.3) is 0 Å². The molecule has 4 atom stereocenters. The molecule has 0 aliphatic heterocycles. The van der Waals surface area contributed by atoms with E-state index >= 15 is 0 Å². The predicted molar refractivity (Wildman–Crippen MR) is 212 cm³/mol. The van der Waals surface area contributed by atoms with Crippen LogP contribution in [0.5, 0.6) is 0 Å². The number of carbonyl (C=O) groups is 4. The van der Waals surface area contributed by atoms with Gasteiger partial charge in [-0.25, -0.2) is 36.0 Å². The van der Waals surface area contributed by atoms with Gasteiger partial charge in [-0.1, -0.05) is 81.1 Å². The monoisotopic (exact) mass is 866 g/mol. The first-order chi connectivity index (χ1) is 26.2. The number of esters is 4. The zero-order valence-electron chi connectivity index (χ0n) is 34.5. The van der Waals surface area contributed by atoms with Gasteiger partial charge in [0.05, 0.1) is 58.5 Å². The smallest absolute Gasteiger partial charge is 0.744 e. The molecule has 0 aromatic heterocycles. The van der Waals surface area contributed by atoms with E-state index in [9.17, 15) is 45.1 Å². The molecule has 0 spiro atoms. The Hall–Kier alpha value is -2.60. The van der Waals surface area contributed by atoms with Gasteiger partial charge in [0.1, 0.15) is 20.2 Å². The molecule has 57 heavy (non-hydrogen) atoms. The number of hydrogen-bond donors (Lipinski definition) is 0. The molecule has 0 bridgehead atoms. The molecule has 0 heterocycles. The summed E-state index contributed by atoms with van der Waals surface area (Å²) in [4.78, 5) is 47.8. The van der Waals surface area contributed by atoms with Crippen LogP contribution in [0, 0.1) is 23.7 Å². The fraction of sp³-hybridized carbons (Fsp3) is 0.600. The van der Waals surface area contributed by atoms with E-state index in [4.69, 9.17) is 18.9 Å². The second-order valence-corrected chi connectivity index (χ2v) is 17.1. The number of benzene rings is 2. The van der Waals surface area contributed by atoms with Crippen LogP contribution >= 0.6 is 0 Å². The van der Waals surface area contributed by atoms with Crippen molar-refractivity contribution in [3.8, 4) is 0 Å². The van der Waals surface area contributed by atoms with Crippen LogP contribution in [0.15, 0.2) is 46.2 Å².